The average molecular weight is 317 g/mol. The highest BCUT2D eigenvalue weighted by molar-refractivity contribution is 5.74. The van der Waals surface area contributed by atoms with Crippen LogP contribution in [0.2, 0.25) is 0 Å². The molecule has 23 heavy (non-hydrogen) atoms. The molecule has 0 unspecified atom stereocenters. The van der Waals surface area contributed by atoms with Crippen LogP contribution in [-0.4, -0.2) is 38.8 Å². The van der Waals surface area contributed by atoms with E-state index in [4.69, 9.17) is 14.6 Å². The van der Waals surface area contributed by atoms with E-state index in [0.717, 1.165) is 24.3 Å². The molecule has 0 amide bonds. The highest BCUT2D eigenvalue weighted by atomic mass is 16.5. The molecular weight excluding hydrogens is 294 g/mol. The Labute approximate surface area is 136 Å². The fourth-order valence-corrected chi connectivity index (χ4v) is 1.74. The van der Waals surface area contributed by atoms with Gasteiger partial charge in [-0.2, -0.15) is 0 Å². The predicted octanol–water partition coefficient (Wildman–Crippen LogP) is 2.28. The first-order valence-electron chi connectivity index (χ1n) is 7.27. The van der Waals surface area contributed by atoms with E-state index >= 15 is 0 Å². The summed E-state index contributed by atoms with van der Waals surface area (Å²) in [5.74, 6) is 1.64. The van der Waals surface area contributed by atoms with Gasteiger partial charge in [-0.3, -0.25) is 4.79 Å². The third-order valence-electron chi connectivity index (χ3n) is 3.03. The Balaban J connectivity index is 0.000000238. The van der Waals surface area contributed by atoms with E-state index in [2.05, 4.69) is 5.32 Å². The molecule has 0 spiro atoms. The highest BCUT2D eigenvalue weighted by Crippen LogP contribution is 2.10. The molecule has 5 heteroatoms. The molecule has 0 saturated heterocycles. The lowest BCUT2D eigenvalue weighted by molar-refractivity contribution is 0.112. The Kier molecular flexibility index (Phi) is 9.12. The van der Waals surface area contributed by atoms with E-state index < -0.39 is 0 Å². The van der Waals surface area contributed by atoms with Crippen LogP contribution >= 0.6 is 0 Å². The number of hydrogen-bond donors (Lipinski definition) is 2. The molecular formula is C18H23NO4. The van der Waals surface area contributed by atoms with Crippen molar-refractivity contribution in [2.24, 2.45) is 0 Å². The van der Waals surface area contributed by atoms with Gasteiger partial charge in [-0.1, -0.05) is 12.1 Å². The summed E-state index contributed by atoms with van der Waals surface area (Å²) in [5.41, 5.74) is 1.86. The van der Waals surface area contributed by atoms with Gasteiger partial charge < -0.3 is 19.9 Å². The van der Waals surface area contributed by atoms with Crippen LogP contribution in [0.25, 0.3) is 0 Å². The second-order valence-corrected chi connectivity index (χ2v) is 4.64. The molecule has 5 nitrogen and oxygen atoms in total. The number of rotatable bonds is 7. The molecule has 0 aliphatic rings. The second-order valence-electron chi connectivity index (χ2n) is 4.64. The lowest BCUT2D eigenvalue weighted by Gasteiger charge is -2.04. The van der Waals surface area contributed by atoms with Gasteiger partial charge in [0.25, 0.3) is 0 Å². The minimum Gasteiger partial charge on any atom is -0.497 e. The number of carbonyl (C=O) groups is 1. The second kappa shape index (κ2) is 11.2. The molecule has 0 bridgehead atoms. The zero-order valence-electron chi connectivity index (χ0n) is 13.5. The van der Waals surface area contributed by atoms with Crippen LogP contribution in [0, 0.1) is 0 Å². The maximum Gasteiger partial charge on any atom is 0.150 e. The van der Waals surface area contributed by atoms with Crippen molar-refractivity contribution in [1.29, 1.82) is 0 Å². The molecule has 0 aliphatic carbocycles. The van der Waals surface area contributed by atoms with Crippen LogP contribution in [0.3, 0.4) is 0 Å². The lowest BCUT2D eigenvalue weighted by Crippen LogP contribution is -2.17. The molecule has 0 atom stereocenters. The van der Waals surface area contributed by atoms with Crippen molar-refractivity contribution in [3.63, 3.8) is 0 Å². The fraction of sp³-hybridized carbons (Fsp3) is 0.278. The Hall–Kier alpha value is -2.37. The van der Waals surface area contributed by atoms with Crippen LogP contribution in [0.4, 0.5) is 0 Å². The van der Waals surface area contributed by atoms with Crippen molar-refractivity contribution in [3.05, 3.63) is 59.7 Å². The first kappa shape index (κ1) is 18.7. The number of methoxy groups -OCH3 is 2. The number of ether oxygens (including phenoxy) is 2. The standard InChI is InChI=1S/C10H15NO2.C8H8O2/c1-13-10-4-2-9(3-5-10)8-11-6-7-12;1-10-8-4-2-7(6-9)3-5-8/h2-5,11-12H,6-8H2,1H3;2-6H,1H3. The number of aliphatic hydroxyl groups is 1. The summed E-state index contributed by atoms with van der Waals surface area (Å²) >= 11 is 0. The molecule has 0 aromatic heterocycles. The maximum absolute atomic E-state index is 10.2. The SMILES string of the molecule is COc1ccc(C=O)cc1.COc1ccc(CNCCO)cc1. The first-order valence-corrected chi connectivity index (χ1v) is 7.27. The Morgan fingerprint density at radius 2 is 1.48 bits per heavy atom. The summed E-state index contributed by atoms with van der Waals surface area (Å²) in [5, 5.41) is 11.6. The maximum atomic E-state index is 10.2. The summed E-state index contributed by atoms with van der Waals surface area (Å²) in [6.07, 6.45) is 0.805. The van der Waals surface area contributed by atoms with Crippen LogP contribution in [-0.2, 0) is 6.54 Å². The Morgan fingerprint density at radius 1 is 0.957 bits per heavy atom. The van der Waals surface area contributed by atoms with E-state index in [9.17, 15) is 4.79 Å². The van der Waals surface area contributed by atoms with Crippen molar-refractivity contribution in [2.45, 2.75) is 6.54 Å². The molecule has 2 rings (SSSR count). The number of aliphatic hydroxyl groups excluding tert-OH is 1. The minimum atomic E-state index is 0.177. The first-order chi connectivity index (χ1) is 11.2. The van der Waals surface area contributed by atoms with Crippen LogP contribution in [0.1, 0.15) is 15.9 Å². The smallest absolute Gasteiger partial charge is 0.150 e. The molecule has 2 N–H and O–H groups in total. The van der Waals surface area contributed by atoms with Gasteiger partial charge in [-0.25, -0.2) is 0 Å². The molecule has 0 fully saturated rings. The zero-order chi connectivity index (χ0) is 16.9. The van der Waals surface area contributed by atoms with Crippen molar-refractivity contribution >= 4 is 6.29 Å². The summed E-state index contributed by atoms with van der Waals surface area (Å²) in [6, 6.07) is 14.8. The van der Waals surface area contributed by atoms with Crippen LogP contribution < -0.4 is 14.8 Å². The van der Waals surface area contributed by atoms with Crippen molar-refractivity contribution in [3.8, 4) is 11.5 Å². The quantitative estimate of drug-likeness (QED) is 0.606. The molecule has 0 radical (unpaired) electrons. The summed E-state index contributed by atoms with van der Waals surface area (Å²) in [7, 11) is 3.24. The highest BCUT2D eigenvalue weighted by Gasteiger charge is 1.93. The third-order valence-corrected chi connectivity index (χ3v) is 3.03. The summed E-state index contributed by atoms with van der Waals surface area (Å²) in [6.45, 7) is 1.59. The van der Waals surface area contributed by atoms with Crippen LogP contribution in [0.5, 0.6) is 11.5 Å². The van der Waals surface area contributed by atoms with Gasteiger partial charge in [0, 0.05) is 18.7 Å². The summed E-state index contributed by atoms with van der Waals surface area (Å²) < 4.78 is 9.93. The topological polar surface area (TPSA) is 67.8 Å². The van der Waals surface area contributed by atoms with E-state index in [0.29, 0.717) is 12.1 Å². The van der Waals surface area contributed by atoms with E-state index in [1.165, 1.54) is 5.56 Å². The number of carbonyl (C=O) groups excluding carboxylic acids is 1. The molecule has 124 valence electrons. The van der Waals surface area contributed by atoms with Crippen molar-refractivity contribution in [1.82, 2.24) is 5.32 Å². The van der Waals surface area contributed by atoms with Gasteiger partial charge >= 0.3 is 0 Å². The molecule has 2 aromatic rings. The van der Waals surface area contributed by atoms with Gasteiger partial charge in [0.1, 0.15) is 17.8 Å². The molecule has 2 aromatic carbocycles. The van der Waals surface area contributed by atoms with Gasteiger partial charge in [0.05, 0.1) is 20.8 Å². The summed E-state index contributed by atoms with van der Waals surface area (Å²) in [4.78, 5) is 10.2. The minimum absolute atomic E-state index is 0.177. The zero-order valence-corrected chi connectivity index (χ0v) is 13.5. The lowest BCUT2D eigenvalue weighted by atomic mass is 10.2. The number of benzene rings is 2. The van der Waals surface area contributed by atoms with Gasteiger partial charge in [-0.15, -0.1) is 0 Å². The third kappa shape index (κ3) is 7.44. The number of nitrogens with one attached hydrogen (secondary N) is 1. The monoisotopic (exact) mass is 317 g/mol. The van der Waals surface area contributed by atoms with Crippen molar-refractivity contribution < 1.29 is 19.4 Å². The predicted molar refractivity (Wildman–Crippen MR) is 90.2 cm³/mol. The number of hydrogen-bond acceptors (Lipinski definition) is 5. The average Bonchev–Trinajstić information content (AvgIpc) is 2.63. The number of aldehydes is 1. The van der Waals surface area contributed by atoms with Gasteiger partial charge in [0.15, 0.2) is 0 Å². The molecule has 0 heterocycles. The van der Waals surface area contributed by atoms with Crippen molar-refractivity contribution in [2.75, 3.05) is 27.4 Å². The van der Waals surface area contributed by atoms with E-state index in [-0.39, 0.29) is 6.61 Å². The fourth-order valence-electron chi connectivity index (χ4n) is 1.74. The Morgan fingerprint density at radius 3 is 1.91 bits per heavy atom. The van der Waals surface area contributed by atoms with Crippen LogP contribution in [0.15, 0.2) is 48.5 Å². The Bertz CT molecular complexity index is 552. The molecule has 0 saturated carbocycles. The van der Waals surface area contributed by atoms with E-state index in [1.807, 2.05) is 24.3 Å². The molecule has 0 aliphatic heterocycles. The van der Waals surface area contributed by atoms with Gasteiger partial charge in [-0.05, 0) is 42.0 Å². The van der Waals surface area contributed by atoms with E-state index in [1.54, 1.807) is 38.5 Å². The van der Waals surface area contributed by atoms with Gasteiger partial charge in [0.2, 0.25) is 0 Å². The largest absolute Gasteiger partial charge is 0.497 e. The normalized spacial score (nSPS) is 9.52.